The Morgan fingerprint density at radius 3 is 2.32 bits per heavy atom. The first-order valence-electron chi connectivity index (χ1n) is 9.44. The second-order valence-corrected chi connectivity index (χ2v) is 6.35. The second-order valence-electron chi connectivity index (χ2n) is 6.35. The Morgan fingerprint density at radius 2 is 1.64 bits per heavy atom. The zero-order valence-electron chi connectivity index (χ0n) is 14.8. The molecule has 0 aromatic carbocycles. The van der Waals surface area contributed by atoms with Crippen LogP contribution in [-0.2, 0) is 11.3 Å². The number of hydrogen-bond donors (Lipinski definition) is 0. The third-order valence-corrected chi connectivity index (χ3v) is 4.25. The van der Waals surface area contributed by atoms with Crippen LogP contribution in [0.3, 0.4) is 0 Å². The minimum Gasteiger partial charge on any atom is -0.378 e. The highest BCUT2D eigenvalue weighted by Gasteiger charge is 2.08. The summed E-state index contributed by atoms with van der Waals surface area (Å²) >= 11 is 0. The summed E-state index contributed by atoms with van der Waals surface area (Å²) in [6.45, 7) is 6.48. The number of nitrogens with zero attached hydrogens (tertiary/aromatic N) is 2. The lowest BCUT2D eigenvalue weighted by Crippen LogP contribution is -2.16. The van der Waals surface area contributed by atoms with Crippen molar-refractivity contribution in [1.29, 1.82) is 0 Å². The summed E-state index contributed by atoms with van der Waals surface area (Å²) in [7, 11) is 0. The van der Waals surface area contributed by atoms with Crippen LogP contribution in [0.25, 0.3) is 0 Å². The van der Waals surface area contributed by atoms with Crippen LogP contribution in [0.15, 0.2) is 18.7 Å². The van der Waals surface area contributed by atoms with E-state index in [9.17, 15) is 0 Å². The van der Waals surface area contributed by atoms with E-state index < -0.39 is 0 Å². The van der Waals surface area contributed by atoms with Gasteiger partial charge in [0.05, 0.1) is 12.4 Å². The predicted octanol–water partition coefficient (Wildman–Crippen LogP) is 5.60. The monoisotopic (exact) mass is 308 g/mol. The van der Waals surface area contributed by atoms with Crippen LogP contribution in [0.2, 0.25) is 0 Å². The van der Waals surface area contributed by atoms with E-state index in [0.29, 0.717) is 6.10 Å². The highest BCUT2D eigenvalue weighted by molar-refractivity contribution is 4.74. The number of ether oxygens (including phenoxy) is 1. The van der Waals surface area contributed by atoms with Gasteiger partial charge in [-0.1, -0.05) is 65.2 Å². The molecule has 0 spiro atoms. The minimum absolute atomic E-state index is 0.419. The van der Waals surface area contributed by atoms with Crippen molar-refractivity contribution in [1.82, 2.24) is 9.55 Å². The molecule has 0 fully saturated rings. The maximum absolute atomic E-state index is 6.14. The van der Waals surface area contributed by atoms with E-state index in [-0.39, 0.29) is 0 Å². The van der Waals surface area contributed by atoms with Gasteiger partial charge in [0.2, 0.25) is 0 Å². The second kappa shape index (κ2) is 13.8. The average molecular weight is 309 g/mol. The quantitative estimate of drug-likeness (QED) is 0.394. The molecule has 22 heavy (non-hydrogen) atoms. The summed E-state index contributed by atoms with van der Waals surface area (Å²) < 4.78 is 8.29. The van der Waals surface area contributed by atoms with E-state index in [1.54, 1.807) is 0 Å². The van der Waals surface area contributed by atoms with Crippen molar-refractivity contribution < 1.29 is 4.74 Å². The lowest BCUT2D eigenvalue weighted by molar-refractivity contribution is 0.0349. The Hall–Kier alpha value is -0.830. The molecule has 3 nitrogen and oxygen atoms in total. The van der Waals surface area contributed by atoms with Crippen LogP contribution in [0, 0.1) is 0 Å². The van der Waals surface area contributed by atoms with E-state index in [0.717, 1.165) is 19.6 Å². The van der Waals surface area contributed by atoms with Crippen molar-refractivity contribution in [3.8, 4) is 0 Å². The van der Waals surface area contributed by atoms with Crippen LogP contribution in [0.4, 0.5) is 0 Å². The molecule has 0 radical (unpaired) electrons. The molecular formula is C19H36N2O. The van der Waals surface area contributed by atoms with Crippen molar-refractivity contribution in [3.05, 3.63) is 18.7 Å². The fourth-order valence-corrected chi connectivity index (χ4v) is 2.76. The summed E-state index contributed by atoms with van der Waals surface area (Å²) in [5.74, 6) is 0. The molecule has 0 N–H and O–H groups in total. The largest absolute Gasteiger partial charge is 0.378 e. The molecule has 3 heteroatoms. The van der Waals surface area contributed by atoms with Gasteiger partial charge in [0.25, 0.3) is 0 Å². The van der Waals surface area contributed by atoms with Crippen LogP contribution >= 0.6 is 0 Å². The molecule has 1 rings (SSSR count). The number of aromatic nitrogens is 2. The van der Waals surface area contributed by atoms with Crippen molar-refractivity contribution in [2.45, 2.75) is 97.1 Å². The summed E-state index contributed by atoms with van der Waals surface area (Å²) in [6.07, 6.45) is 20.5. The summed E-state index contributed by atoms with van der Waals surface area (Å²) in [6, 6.07) is 0. The normalized spacial score (nSPS) is 12.6. The van der Waals surface area contributed by atoms with Gasteiger partial charge in [-0.05, 0) is 19.3 Å². The highest BCUT2D eigenvalue weighted by Crippen LogP contribution is 2.12. The van der Waals surface area contributed by atoms with E-state index in [1.165, 1.54) is 64.2 Å². The van der Waals surface area contributed by atoms with Crippen molar-refractivity contribution in [3.63, 3.8) is 0 Å². The van der Waals surface area contributed by atoms with Crippen molar-refractivity contribution >= 4 is 0 Å². The molecule has 0 saturated heterocycles. The Morgan fingerprint density at radius 1 is 0.909 bits per heavy atom. The Balaban J connectivity index is 2.07. The molecule has 0 saturated carbocycles. The van der Waals surface area contributed by atoms with Gasteiger partial charge in [0.15, 0.2) is 0 Å². The Bertz CT molecular complexity index is 324. The van der Waals surface area contributed by atoms with Crippen LogP contribution in [0.5, 0.6) is 0 Å². The van der Waals surface area contributed by atoms with Gasteiger partial charge in [-0.15, -0.1) is 0 Å². The summed E-state index contributed by atoms with van der Waals surface area (Å²) in [5.41, 5.74) is 0. The number of imidazole rings is 1. The van der Waals surface area contributed by atoms with E-state index in [1.807, 2.05) is 18.7 Å². The SMILES string of the molecule is CCCCCCCCCOC(CCCC)CCn1ccnc1. The molecule has 0 aliphatic heterocycles. The smallest absolute Gasteiger partial charge is 0.0945 e. The van der Waals surface area contributed by atoms with E-state index >= 15 is 0 Å². The van der Waals surface area contributed by atoms with Crippen LogP contribution < -0.4 is 0 Å². The standard InChI is InChI=1S/C19H36N2O/c1-3-5-7-8-9-10-11-17-22-19(12-6-4-2)13-15-21-16-14-20-18-21/h14,16,18-19H,3-13,15,17H2,1-2H3. The number of rotatable bonds is 15. The number of unbranched alkanes of at least 4 members (excludes halogenated alkanes) is 7. The lowest BCUT2D eigenvalue weighted by atomic mass is 10.1. The molecule has 0 amide bonds. The van der Waals surface area contributed by atoms with Crippen molar-refractivity contribution in [2.75, 3.05) is 6.61 Å². The first-order chi connectivity index (χ1) is 10.9. The molecule has 1 unspecified atom stereocenters. The molecule has 1 atom stereocenters. The minimum atomic E-state index is 0.419. The topological polar surface area (TPSA) is 27.1 Å². The van der Waals surface area contributed by atoms with Crippen molar-refractivity contribution in [2.24, 2.45) is 0 Å². The molecular weight excluding hydrogens is 272 g/mol. The maximum atomic E-state index is 6.14. The maximum Gasteiger partial charge on any atom is 0.0945 e. The third kappa shape index (κ3) is 9.99. The zero-order valence-corrected chi connectivity index (χ0v) is 14.8. The fourth-order valence-electron chi connectivity index (χ4n) is 2.76. The molecule has 0 aliphatic rings. The molecule has 1 heterocycles. The molecule has 128 valence electrons. The van der Waals surface area contributed by atoms with Gasteiger partial charge < -0.3 is 9.30 Å². The van der Waals surface area contributed by atoms with Crippen LogP contribution in [0.1, 0.15) is 84.5 Å². The van der Waals surface area contributed by atoms with Gasteiger partial charge in [-0.25, -0.2) is 4.98 Å². The average Bonchev–Trinajstić information content (AvgIpc) is 3.05. The zero-order chi connectivity index (χ0) is 15.9. The molecule has 1 aromatic rings. The first kappa shape index (κ1) is 19.2. The molecule has 0 aliphatic carbocycles. The predicted molar refractivity (Wildman–Crippen MR) is 94.1 cm³/mol. The van der Waals surface area contributed by atoms with Gasteiger partial charge in [-0.2, -0.15) is 0 Å². The van der Waals surface area contributed by atoms with Gasteiger partial charge in [-0.3, -0.25) is 0 Å². The summed E-state index contributed by atoms with van der Waals surface area (Å²) in [4.78, 5) is 4.10. The van der Waals surface area contributed by atoms with E-state index in [4.69, 9.17) is 4.74 Å². The molecule has 0 bridgehead atoms. The highest BCUT2D eigenvalue weighted by atomic mass is 16.5. The first-order valence-corrected chi connectivity index (χ1v) is 9.44. The van der Waals surface area contributed by atoms with Crippen LogP contribution in [-0.4, -0.2) is 22.3 Å². The van der Waals surface area contributed by atoms with Gasteiger partial charge in [0.1, 0.15) is 0 Å². The number of hydrogen-bond acceptors (Lipinski definition) is 2. The van der Waals surface area contributed by atoms with Gasteiger partial charge in [0, 0.05) is 25.5 Å². The Labute approximate surface area is 137 Å². The lowest BCUT2D eigenvalue weighted by Gasteiger charge is -2.18. The van der Waals surface area contributed by atoms with E-state index in [2.05, 4.69) is 23.4 Å². The summed E-state index contributed by atoms with van der Waals surface area (Å²) in [5, 5.41) is 0. The van der Waals surface area contributed by atoms with Gasteiger partial charge >= 0.3 is 0 Å². The molecule has 1 aromatic heterocycles. The fraction of sp³-hybridized carbons (Fsp3) is 0.842. The Kier molecular flexibility index (Phi) is 12.1. The number of aryl methyl sites for hydroxylation is 1. The third-order valence-electron chi connectivity index (χ3n) is 4.25.